The maximum Gasteiger partial charge on any atom is 0.327 e. The molecule has 0 fully saturated rings. The number of carbonyl (C=O) groups is 1. The Bertz CT molecular complexity index is 519. The third-order valence-corrected chi connectivity index (χ3v) is 2.20. The van der Waals surface area contributed by atoms with Crippen LogP contribution in [0.2, 0.25) is 0 Å². The summed E-state index contributed by atoms with van der Waals surface area (Å²) in [5.74, 6) is -0.296. The van der Waals surface area contributed by atoms with Crippen LogP contribution in [-0.2, 0) is 16.1 Å². The van der Waals surface area contributed by atoms with Gasteiger partial charge in [-0.3, -0.25) is 4.79 Å². The first-order valence-corrected chi connectivity index (χ1v) is 5.14. The second kappa shape index (κ2) is 4.30. The topological polar surface area (TPSA) is 57.0 Å². The minimum Gasteiger partial charge on any atom is -0.465 e. The average molecular weight is 219 g/mol. The standard InChI is InChI=1S/C11H13N3O2/c1-3-16-10(15)7-14-11-9(6-13-14)4-8(2)5-12-11/h4-6H,3,7H2,1-2H3. The third-order valence-electron chi connectivity index (χ3n) is 2.20. The summed E-state index contributed by atoms with van der Waals surface area (Å²) < 4.78 is 6.41. The number of fused-ring (bicyclic) bond motifs is 1. The Kier molecular flexibility index (Phi) is 2.85. The van der Waals surface area contributed by atoms with Crippen molar-refractivity contribution in [1.29, 1.82) is 0 Å². The zero-order valence-electron chi connectivity index (χ0n) is 9.30. The van der Waals surface area contributed by atoms with Crippen molar-refractivity contribution in [2.45, 2.75) is 20.4 Å². The van der Waals surface area contributed by atoms with Crippen LogP contribution in [0.25, 0.3) is 11.0 Å². The largest absolute Gasteiger partial charge is 0.465 e. The van der Waals surface area contributed by atoms with Gasteiger partial charge in [0, 0.05) is 11.6 Å². The molecule has 2 rings (SSSR count). The second-order valence-electron chi connectivity index (χ2n) is 3.53. The fourth-order valence-corrected chi connectivity index (χ4v) is 1.53. The number of aryl methyl sites for hydroxylation is 1. The van der Waals surface area contributed by atoms with Crippen LogP contribution in [0.3, 0.4) is 0 Å². The smallest absolute Gasteiger partial charge is 0.327 e. The summed E-state index contributed by atoms with van der Waals surface area (Å²) in [5, 5.41) is 5.05. The lowest BCUT2D eigenvalue weighted by Gasteiger charge is -2.02. The second-order valence-corrected chi connectivity index (χ2v) is 3.53. The van der Waals surface area contributed by atoms with Gasteiger partial charge in [-0.15, -0.1) is 0 Å². The predicted octanol–water partition coefficient (Wildman–Crippen LogP) is 1.30. The summed E-state index contributed by atoms with van der Waals surface area (Å²) in [6.07, 6.45) is 3.46. The molecular weight excluding hydrogens is 206 g/mol. The van der Waals surface area contributed by atoms with Gasteiger partial charge in [0.05, 0.1) is 12.8 Å². The first kappa shape index (κ1) is 10.6. The number of carbonyl (C=O) groups excluding carboxylic acids is 1. The van der Waals surface area contributed by atoms with E-state index in [0.29, 0.717) is 12.3 Å². The van der Waals surface area contributed by atoms with Crippen molar-refractivity contribution in [3.63, 3.8) is 0 Å². The Morgan fingerprint density at radius 2 is 2.31 bits per heavy atom. The van der Waals surface area contributed by atoms with E-state index in [4.69, 9.17) is 4.74 Å². The molecule has 5 nitrogen and oxygen atoms in total. The highest BCUT2D eigenvalue weighted by Crippen LogP contribution is 2.12. The number of pyridine rings is 1. The molecule has 0 atom stereocenters. The Morgan fingerprint density at radius 1 is 1.50 bits per heavy atom. The highest BCUT2D eigenvalue weighted by Gasteiger charge is 2.08. The Labute approximate surface area is 93.0 Å². The molecule has 0 saturated heterocycles. The van der Waals surface area contributed by atoms with E-state index in [2.05, 4.69) is 10.1 Å². The van der Waals surface area contributed by atoms with Crippen LogP contribution in [-0.4, -0.2) is 27.3 Å². The minimum absolute atomic E-state index is 0.105. The summed E-state index contributed by atoms with van der Waals surface area (Å²) in [7, 11) is 0. The first-order valence-electron chi connectivity index (χ1n) is 5.14. The quantitative estimate of drug-likeness (QED) is 0.730. The van der Waals surface area contributed by atoms with Crippen molar-refractivity contribution < 1.29 is 9.53 Å². The highest BCUT2D eigenvalue weighted by atomic mass is 16.5. The van der Waals surface area contributed by atoms with Gasteiger partial charge in [0.2, 0.25) is 0 Å². The van der Waals surface area contributed by atoms with Gasteiger partial charge >= 0.3 is 5.97 Å². The summed E-state index contributed by atoms with van der Waals surface area (Å²) in [5.41, 5.74) is 1.78. The normalized spacial score (nSPS) is 10.6. The maximum atomic E-state index is 11.3. The molecule has 2 aromatic rings. The van der Waals surface area contributed by atoms with Gasteiger partial charge in [-0.1, -0.05) is 0 Å². The molecule has 5 heteroatoms. The molecule has 0 aliphatic rings. The number of ether oxygens (including phenoxy) is 1. The lowest BCUT2D eigenvalue weighted by atomic mass is 10.3. The molecule has 0 amide bonds. The lowest BCUT2D eigenvalue weighted by molar-refractivity contribution is -0.143. The Hall–Kier alpha value is -1.91. The minimum atomic E-state index is -0.296. The molecule has 84 valence electrons. The van der Waals surface area contributed by atoms with Crippen LogP contribution in [0.1, 0.15) is 12.5 Å². The number of nitrogens with zero attached hydrogens (tertiary/aromatic N) is 3. The van der Waals surface area contributed by atoms with Crippen molar-refractivity contribution in [2.24, 2.45) is 0 Å². The molecular formula is C11H13N3O2. The zero-order chi connectivity index (χ0) is 11.5. The Balaban J connectivity index is 2.28. The van der Waals surface area contributed by atoms with Crippen LogP contribution >= 0.6 is 0 Å². The van der Waals surface area contributed by atoms with E-state index in [1.54, 1.807) is 24.0 Å². The zero-order valence-corrected chi connectivity index (χ0v) is 9.30. The van der Waals surface area contributed by atoms with Crippen molar-refractivity contribution in [3.8, 4) is 0 Å². The average Bonchev–Trinajstić information content (AvgIpc) is 2.61. The first-order chi connectivity index (χ1) is 7.70. The number of hydrogen-bond donors (Lipinski definition) is 0. The molecule has 0 aliphatic heterocycles. The SMILES string of the molecule is CCOC(=O)Cn1ncc2cc(C)cnc21. The Morgan fingerprint density at radius 3 is 3.06 bits per heavy atom. The van der Waals surface area contributed by atoms with Crippen molar-refractivity contribution in [3.05, 3.63) is 24.0 Å². The molecule has 0 unspecified atom stereocenters. The van der Waals surface area contributed by atoms with Crippen LogP contribution in [0.5, 0.6) is 0 Å². The van der Waals surface area contributed by atoms with Gasteiger partial charge < -0.3 is 4.74 Å². The van der Waals surface area contributed by atoms with E-state index in [0.717, 1.165) is 10.9 Å². The number of hydrogen-bond acceptors (Lipinski definition) is 4. The summed E-state index contributed by atoms with van der Waals surface area (Å²) in [6, 6.07) is 1.98. The molecule has 0 aliphatic carbocycles. The molecule has 2 aromatic heterocycles. The molecule has 0 saturated carbocycles. The van der Waals surface area contributed by atoms with Gasteiger partial charge in [-0.05, 0) is 25.5 Å². The predicted molar refractivity (Wildman–Crippen MR) is 58.9 cm³/mol. The number of aromatic nitrogens is 3. The molecule has 0 N–H and O–H groups in total. The lowest BCUT2D eigenvalue weighted by Crippen LogP contribution is -2.14. The van der Waals surface area contributed by atoms with E-state index in [1.807, 2.05) is 13.0 Å². The van der Waals surface area contributed by atoms with Crippen LogP contribution < -0.4 is 0 Å². The number of rotatable bonds is 3. The fourth-order valence-electron chi connectivity index (χ4n) is 1.53. The molecule has 2 heterocycles. The summed E-state index contributed by atoms with van der Waals surface area (Å²) in [4.78, 5) is 15.6. The van der Waals surface area contributed by atoms with E-state index >= 15 is 0 Å². The van der Waals surface area contributed by atoms with Crippen molar-refractivity contribution in [2.75, 3.05) is 6.61 Å². The third kappa shape index (κ3) is 2.03. The van der Waals surface area contributed by atoms with Gasteiger partial charge in [0.25, 0.3) is 0 Å². The summed E-state index contributed by atoms with van der Waals surface area (Å²) in [6.45, 7) is 4.23. The van der Waals surface area contributed by atoms with Crippen molar-refractivity contribution in [1.82, 2.24) is 14.8 Å². The van der Waals surface area contributed by atoms with Crippen molar-refractivity contribution >= 4 is 17.0 Å². The highest BCUT2D eigenvalue weighted by molar-refractivity contribution is 5.77. The van der Waals surface area contributed by atoms with Crippen LogP contribution in [0.4, 0.5) is 0 Å². The van der Waals surface area contributed by atoms with Crippen LogP contribution in [0.15, 0.2) is 18.5 Å². The molecule has 0 radical (unpaired) electrons. The van der Waals surface area contributed by atoms with Gasteiger partial charge in [0.15, 0.2) is 5.65 Å². The monoisotopic (exact) mass is 219 g/mol. The number of esters is 1. The van der Waals surface area contributed by atoms with E-state index < -0.39 is 0 Å². The molecule has 0 aromatic carbocycles. The van der Waals surface area contributed by atoms with Gasteiger partial charge in [-0.25, -0.2) is 9.67 Å². The van der Waals surface area contributed by atoms with E-state index in [9.17, 15) is 4.79 Å². The summed E-state index contributed by atoms with van der Waals surface area (Å²) >= 11 is 0. The molecule has 0 spiro atoms. The van der Waals surface area contributed by atoms with E-state index in [-0.39, 0.29) is 12.5 Å². The maximum absolute atomic E-state index is 11.3. The molecule has 0 bridgehead atoms. The van der Waals surface area contributed by atoms with Crippen LogP contribution in [0, 0.1) is 6.92 Å². The van der Waals surface area contributed by atoms with Gasteiger partial charge in [-0.2, -0.15) is 5.10 Å². The molecule has 16 heavy (non-hydrogen) atoms. The van der Waals surface area contributed by atoms with E-state index in [1.165, 1.54) is 0 Å². The fraction of sp³-hybridized carbons (Fsp3) is 0.364. The van der Waals surface area contributed by atoms with Gasteiger partial charge in [0.1, 0.15) is 6.54 Å².